The number of aromatic nitrogens is 2. The topological polar surface area (TPSA) is 57.8 Å². The minimum Gasteiger partial charge on any atom is -0.311 e. The molecule has 0 unspecified atom stereocenters. The number of hydrogen-bond donors (Lipinski definition) is 2. The van der Waals surface area contributed by atoms with Gasteiger partial charge < -0.3 is 10.3 Å². The van der Waals surface area contributed by atoms with E-state index in [4.69, 9.17) is 4.98 Å². The zero-order valence-electron chi connectivity index (χ0n) is 12.5. The molecule has 1 saturated carbocycles. The number of H-pyrrole nitrogens is 1. The highest BCUT2D eigenvalue weighted by Crippen LogP contribution is 2.37. The van der Waals surface area contributed by atoms with Crippen LogP contribution in [0.1, 0.15) is 62.5 Å². The van der Waals surface area contributed by atoms with Crippen LogP contribution in [0, 0.1) is 11.8 Å². The van der Waals surface area contributed by atoms with Gasteiger partial charge in [-0.05, 0) is 50.5 Å². The van der Waals surface area contributed by atoms with Crippen molar-refractivity contribution in [3.8, 4) is 0 Å². The minimum absolute atomic E-state index is 0.0949. The number of fused-ring (bicyclic) bond motifs is 1. The highest BCUT2D eigenvalue weighted by molar-refractivity contribution is 5.21. The van der Waals surface area contributed by atoms with Crippen molar-refractivity contribution in [1.29, 1.82) is 0 Å². The van der Waals surface area contributed by atoms with E-state index in [2.05, 4.69) is 24.1 Å². The molecular formula is C16H25N3O. The van der Waals surface area contributed by atoms with Crippen LogP contribution in [0.5, 0.6) is 0 Å². The molecule has 3 rings (SSSR count). The number of rotatable bonds is 2. The summed E-state index contributed by atoms with van der Waals surface area (Å²) in [4.78, 5) is 20.0. The molecule has 0 spiro atoms. The van der Waals surface area contributed by atoms with Crippen molar-refractivity contribution in [2.24, 2.45) is 11.8 Å². The number of hydrogen-bond acceptors (Lipinski definition) is 3. The lowest BCUT2D eigenvalue weighted by molar-refractivity contribution is 0.254. The SMILES string of the molecule is CC(C)C1CCC(c2nc3c(c(=O)[nH]2)CCNC3)CC1. The van der Waals surface area contributed by atoms with Gasteiger partial charge in [-0.1, -0.05) is 13.8 Å². The van der Waals surface area contributed by atoms with E-state index < -0.39 is 0 Å². The first kappa shape index (κ1) is 13.8. The summed E-state index contributed by atoms with van der Waals surface area (Å²) < 4.78 is 0. The Morgan fingerprint density at radius 3 is 2.65 bits per heavy atom. The molecule has 0 amide bonds. The number of nitrogens with zero attached hydrogens (tertiary/aromatic N) is 1. The van der Waals surface area contributed by atoms with Gasteiger partial charge >= 0.3 is 0 Å². The molecule has 2 aliphatic rings. The fourth-order valence-electron chi connectivity index (χ4n) is 3.64. The summed E-state index contributed by atoms with van der Waals surface area (Å²) in [6.45, 7) is 6.26. The summed E-state index contributed by atoms with van der Waals surface area (Å²) in [5, 5.41) is 3.31. The van der Waals surface area contributed by atoms with Gasteiger partial charge in [0.2, 0.25) is 0 Å². The van der Waals surface area contributed by atoms with Crippen LogP contribution >= 0.6 is 0 Å². The Bertz CT molecular complexity index is 527. The van der Waals surface area contributed by atoms with Gasteiger partial charge in [-0.2, -0.15) is 0 Å². The normalized spacial score (nSPS) is 26.6. The maximum absolute atomic E-state index is 12.2. The van der Waals surface area contributed by atoms with Gasteiger partial charge in [0.25, 0.3) is 5.56 Å². The highest BCUT2D eigenvalue weighted by Gasteiger charge is 2.26. The highest BCUT2D eigenvalue weighted by atomic mass is 16.1. The first-order chi connectivity index (χ1) is 9.65. The second kappa shape index (κ2) is 5.68. The molecule has 0 bridgehead atoms. The van der Waals surface area contributed by atoms with Gasteiger partial charge in [0.15, 0.2) is 0 Å². The zero-order chi connectivity index (χ0) is 14.1. The van der Waals surface area contributed by atoms with Crippen molar-refractivity contribution in [1.82, 2.24) is 15.3 Å². The third-order valence-electron chi connectivity index (χ3n) is 5.07. The van der Waals surface area contributed by atoms with E-state index in [0.717, 1.165) is 61.3 Å². The molecule has 2 heterocycles. The predicted molar refractivity (Wildman–Crippen MR) is 79.8 cm³/mol. The molecule has 0 atom stereocenters. The van der Waals surface area contributed by atoms with E-state index in [-0.39, 0.29) is 5.56 Å². The predicted octanol–water partition coefficient (Wildman–Crippen LogP) is 2.35. The minimum atomic E-state index is 0.0949. The van der Waals surface area contributed by atoms with Gasteiger partial charge in [-0.25, -0.2) is 4.98 Å². The molecule has 4 nitrogen and oxygen atoms in total. The molecule has 0 radical (unpaired) electrons. The monoisotopic (exact) mass is 275 g/mol. The maximum atomic E-state index is 12.2. The Balaban J connectivity index is 1.78. The quantitative estimate of drug-likeness (QED) is 0.871. The lowest BCUT2D eigenvalue weighted by Crippen LogP contribution is -2.32. The van der Waals surface area contributed by atoms with E-state index in [0.29, 0.717) is 5.92 Å². The average Bonchev–Trinajstić information content (AvgIpc) is 2.47. The van der Waals surface area contributed by atoms with Crippen molar-refractivity contribution in [3.63, 3.8) is 0 Å². The van der Waals surface area contributed by atoms with Gasteiger partial charge in [0.1, 0.15) is 5.82 Å². The van der Waals surface area contributed by atoms with Gasteiger partial charge in [0.05, 0.1) is 5.69 Å². The van der Waals surface area contributed by atoms with Crippen LogP contribution in [0.2, 0.25) is 0 Å². The Morgan fingerprint density at radius 2 is 1.95 bits per heavy atom. The summed E-state index contributed by atoms with van der Waals surface area (Å²) >= 11 is 0. The second-order valence-electron chi connectivity index (χ2n) is 6.66. The van der Waals surface area contributed by atoms with Gasteiger partial charge in [-0.15, -0.1) is 0 Å². The van der Waals surface area contributed by atoms with Crippen LogP contribution < -0.4 is 10.9 Å². The van der Waals surface area contributed by atoms with E-state index in [1.807, 2.05) is 0 Å². The first-order valence-corrected chi connectivity index (χ1v) is 7.98. The summed E-state index contributed by atoms with van der Waals surface area (Å²) in [6, 6.07) is 0. The van der Waals surface area contributed by atoms with Crippen molar-refractivity contribution in [2.75, 3.05) is 6.54 Å². The molecule has 1 aromatic heterocycles. The molecule has 1 fully saturated rings. The third kappa shape index (κ3) is 2.66. The van der Waals surface area contributed by atoms with Crippen molar-refractivity contribution < 1.29 is 0 Å². The largest absolute Gasteiger partial charge is 0.311 e. The maximum Gasteiger partial charge on any atom is 0.254 e. The van der Waals surface area contributed by atoms with Crippen LogP contribution in [0.4, 0.5) is 0 Å². The Labute approximate surface area is 120 Å². The van der Waals surface area contributed by atoms with E-state index >= 15 is 0 Å². The summed E-state index contributed by atoms with van der Waals surface area (Å²) in [6.07, 6.45) is 5.66. The van der Waals surface area contributed by atoms with E-state index in [1.54, 1.807) is 0 Å². The van der Waals surface area contributed by atoms with Gasteiger partial charge in [0, 0.05) is 18.0 Å². The van der Waals surface area contributed by atoms with Crippen molar-refractivity contribution in [2.45, 2.75) is 58.4 Å². The van der Waals surface area contributed by atoms with Crippen LogP contribution in [-0.2, 0) is 13.0 Å². The second-order valence-corrected chi connectivity index (χ2v) is 6.66. The Kier molecular flexibility index (Phi) is 3.92. The molecule has 1 aliphatic carbocycles. The van der Waals surface area contributed by atoms with Gasteiger partial charge in [-0.3, -0.25) is 4.79 Å². The van der Waals surface area contributed by atoms with E-state index in [9.17, 15) is 4.79 Å². The molecule has 2 N–H and O–H groups in total. The van der Waals surface area contributed by atoms with Crippen LogP contribution in [-0.4, -0.2) is 16.5 Å². The summed E-state index contributed by atoms with van der Waals surface area (Å²) in [5.74, 6) is 3.00. The smallest absolute Gasteiger partial charge is 0.254 e. The van der Waals surface area contributed by atoms with E-state index in [1.165, 1.54) is 12.8 Å². The van der Waals surface area contributed by atoms with Crippen molar-refractivity contribution in [3.05, 3.63) is 27.4 Å². The molecule has 1 aromatic rings. The lowest BCUT2D eigenvalue weighted by Gasteiger charge is -2.30. The van der Waals surface area contributed by atoms with Crippen molar-refractivity contribution >= 4 is 0 Å². The fourth-order valence-corrected chi connectivity index (χ4v) is 3.64. The van der Waals surface area contributed by atoms with Crippen LogP contribution in [0.15, 0.2) is 4.79 Å². The molecule has 20 heavy (non-hydrogen) atoms. The molecular weight excluding hydrogens is 250 g/mol. The fraction of sp³-hybridized carbons (Fsp3) is 0.750. The number of nitrogens with one attached hydrogen (secondary N) is 2. The summed E-state index contributed by atoms with van der Waals surface area (Å²) in [7, 11) is 0. The molecule has 1 aliphatic heterocycles. The van der Waals surface area contributed by atoms with Crippen LogP contribution in [0.3, 0.4) is 0 Å². The number of aromatic amines is 1. The third-order valence-corrected chi connectivity index (χ3v) is 5.07. The molecule has 0 aromatic carbocycles. The van der Waals surface area contributed by atoms with Crippen LogP contribution in [0.25, 0.3) is 0 Å². The average molecular weight is 275 g/mol. The zero-order valence-corrected chi connectivity index (χ0v) is 12.5. The molecule has 4 heteroatoms. The summed E-state index contributed by atoms with van der Waals surface area (Å²) in [5.41, 5.74) is 1.96. The lowest BCUT2D eigenvalue weighted by atomic mass is 9.76. The molecule has 110 valence electrons. The Hall–Kier alpha value is -1.16. The standard InChI is InChI=1S/C16H25N3O/c1-10(2)11-3-5-12(6-4-11)15-18-14-9-17-8-7-13(14)16(20)19-15/h10-12,17H,3-9H2,1-2H3,(H,18,19,20). The molecule has 0 saturated heterocycles. The first-order valence-electron chi connectivity index (χ1n) is 7.98. The Morgan fingerprint density at radius 1 is 1.20 bits per heavy atom.